The van der Waals surface area contributed by atoms with Crippen molar-refractivity contribution in [3.8, 4) is 0 Å². The minimum atomic E-state index is -0.112. The zero-order valence-corrected chi connectivity index (χ0v) is 11.6. The smallest absolute Gasteiger partial charge is 0.251 e. The molecule has 1 aromatic carbocycles. The second-order valence-electron chi connectivity index (χ2n) is 4.10. The fraction of sp³-hybridized carbons (Fsp3) is 0.154. The normalized spacial score (nSPS) is 10.3. The van der Waals surface area contributed by atoms with Crippen molar-refractivity contribution in [2.45, 2.75) is 6.54 Å². The molecular formula is C13H14BrN3O. The number of aryl methyl sites for hydroxylation is 1. The number of carbonyl (C=O) groups is 1. The Morgan fingerprint density at radius 1 is 1.44 bits per heavy atom. The van der Waals surface area contributed by atoms with E-state index in [0.29, 0.717) is 17.8 Å². The average Bonchev–Trinajstić information content (AvgIpc) is 2.75. The lowest BCUT2D eigenvalue weighted by molar-refractivity contribution is 0.0951. The van der Waals surface area contributed by atoms with Gasteiger partial charge in [-0.3, -0.25) is 4.79 Å². The summed E-state index contributed by atoms with van der Waals surface area (Å²) >= 11 is 3.31. The van der Waals surface area contributed by atoms with Gasteiger partial charge in [-0.25, -0.2) is 0 Å². The Bertz CT molecular complexity index is 577. The number of carbonyl (C=O) groups excluding carboxylic acids is 1. The van der Waals surface area contributed by atoms with Gasteiger partial charge < -0.3 is 15.6 Å². The number of nitrogen functional groups attached to an aromatic ring is 1. The molecule has 0 unspecified atom stereocenters. The number of amides is 1. The first-order valence-electron chi connectivity index (χ1n) is 5.50. The minimum absolute atomic E-state index is 0.112. The molecule has 1 heterocycles. The molecule has 0 aliphatic rings. The molecule has 18 heavy (non-hydrogen) atoms. The van der Waals surface area contributed by atoms with Gasteiger partial charge in [-0.05, 0) is 45.8 Å². The second-order valence-corrected chi connectivity index (χ2v) is 4.96. The molecule has 0 spiro atoms. The Morgan fingerprint density at radius 3 is 2.83 bits per heavy atom. The van der Waals surface area contributed by atoms with Crippen LogP contribution in [0.3, 0.4) is 0 Å². The van der Waals surface area contributed by atoms with E-state index in [4.69, 9.17) is 5.73 Å². The number of nitrogens with one attached hydrogen (secondary N) is 1. The van der Waals surface area contributed by atoms with E-state index >= 15 is 0 Å². The number of anilines is 1. The summed E-state index contributed by atoms with van der Waals surface area (Å²) < 4.78 is 2.68. The predicted octanol–water partition coefficient (Wildman–Crippen LogP) is 2.30. The van der Waals surface area contributed by atoms with E-state index in [1.807, 2.05) is 30.1 Å². The Kier molecular flexibility index (Phi) is 3.72. The van der Waals surface area contributed by atoms with Gasteiger partial charge in [-0.2, -0.15) is 0 Å². The summed E-state index contributed by atoms with van der Waals surface area (Å²) in [7, 11) is 1.95. The number of nitrogens with zero attached hydrogens (tertiary/aromatic N) is 1. The van der Waals surface area contributed by atoms with E-state index in [9.17, 15) is 4.79 Å². The second kappa shape index (κ2) is 5.27. The van der Waals surface area contributed by atoms with Gasteiger partial charge in [0, 0.05) is 41.7 Å². The van der Waals surface area contributed by atoms with Crippen molar-refractivity contribution in [1.29, 1.82) is 0 Å². The van der Waals surface area contributed by atoms with Crippen molar-refractivity contribution in [2.75, 3.05) is 5.73 Å². The monoisotopic (exact) mass is 307 g/mol. The molecule has 94 valence electrons. The zero-order valence-electron chi connectivity index (χ0n) is 9.98. The maximum Gasteiger partial charge on any atom is 0.251 e. The number of aromatic nitrogens is 1. The van der Waals surface area contributed by atoms with E-state index < -0.39 is 0 Å². The van der Waals surface area contributed by atoms with Crippen molar-refractivity contribution in [3.63, 3.8) is 0 Å². The van der Waals surface area contributed by atoms with Crippen LogP contribution in [0, 0.1) is 0 Å². The zero-order chi connectivity index (χ0) is 13.1. The molecule has 3 N–H and O–H groups in total. The Hall–Kier alpha value is -1.75. The first kappa shape index (κ1) is 12.7. The van der Waals surface area contributed by atoms with Crippen LogP contribution >= 0.6 is 15.9 Å². The highest BCUT2D eigenvalue weighted by molar-refractivity contribution is 9.10. The van der Waals surface area contributed by atoms with Crippen LogP contribution in [0.2, 0.25) is 0 Å². The van der Waals surface area contributed by atoms with E-state index in [-0.39, 0.29) is 5.91 Å². The third-order valence-electron chi connectivity index (χ3n) is 2.61. The van der Waals surface area contributed by atoms with Gasteiger partial charge in [-0.1, -0.05) is 0 Å². The first-order valence-corrected chi connectivity index (χ1v) is 6.29. The van der Waals surface area contributed by atoms with Crippen LogP contribution in [-0.4, -0.2) is 10.5 Å². The maximum absolute atomic E-state index is 11.9. The summed E-state index contributed by atoms with van der Waals surface area (Å²) in [5.41, 5.74) is 7.95. The number of rotatable bonds is 3. The lowest BCUT2D eigenvalue weighted by Gasteiger charge is -2.05. The summed E-state index contributed by atoms with van der Waals surface area (Å²) in [6.07, 6.45) is 3.92. The highest BCUT2D eigenvalue weighted by Gasteiger charge is 2.07. The van der Waals surface area contributed by atoms with E-state index in [2.05, 4.69) is 21.2 Å². The van der Waals surface area contributed by atoms with Gasteiger partial charge in [-0.15, -0.1) is 0 Å². The van der Waals surface area contributed by atoms with E-state index in [0.717, 1.165) is 10.0 Å². The number of hydrogen-bond acceptors (Lipinski definition) is 2. The molecule has 0 aliphatic carbocycles. The van der Waals surface area contributed by atoms with Gasteiger partial charge in [0.1, 0.15) is 0 Å². The molecule has 2 rings (SSSR count). The van der Waals surface area contributed by atoms with E-state index in [1.165, 1.54) is 0 Å². The molecule has 0 saturated carbocycles. The van der Waals surface area contributed by atoms with Crippen molar-refractivity contribution in [2.24, 2.45) is 7.05 Å². The minimum Gasteiger partial charge on any atom is -0.398 e. The van der Waals surface area contributed by atoms with Crippen LogP contribution in [0.1, 0.15) is 15.9 Å². The van der Waals surface area contributed by atoms with Crippen LogP contribution in [0.4, 0.5) is 5.69 Å². The van der Waals surface area contributed by atoms with Gasteiger partial charge in [0.15, 0.2) is 0 Å². The number of halogens is 1. The molecule has 5 heteroatoms. The lowest BCUT2D eigenvalue weighted by Crippen LogP contribution is -2.22. The first-order chi connectivity index (χ1) is 8.56. The quantitative estimate of drug-likeness (QED) is 0.855. The molecule has 0 fully saturated rings. The highest BCUT2D eigenvalue weighted by atomic mass is 79.9. The van der Waals surface area contributed by atoms with Crippen LogP contribution in [0.25, 0.3) is 0 Å². The highest BCUT2D eigenvalue weighted by Crippen LogP contribution is 2.20. The Morgan fingerprint density at radius 2 is 2.22 bits per heavy atom. The van der Waals surface area contributed by atoms with Gasteiger partial charge in [0.2, 0.25) is 0 Å². The Labute approximate surface area is 114 Å². The molecule has 1 amide bonds. The molecule has 2 aromatic rings. The summed E-state index contributed by atoms with van der Waals surface area (Å²) in [4.78, 5) is 11.9. The number of hydrogen-bond donors (Lipinski definition) is 2. The third-order valence-corrected chi connectivity index (χ3v) is 3.30. The van der Waals surface area contributed by atoms with Crippen LogP contribution in [-0.2, 0) is 13.6 Å². The summed E-state index contributed by atoms with van der Waals surface area (Å²) in [5, 5.41) is 2.86. The number of nitrogens with two attached hydrogens (primary N) is 1. The third kappa shape index (κ3) is 2.92. The predicted molar refractivity (Wildman–Crippen MR) is 75.1 cm³/mol. The van der Waals surface area contributed by atoms with Gasteiger partial charge in [0.25, 0.3) is 5.91 Å². The largest absolute Gasteiger partial charge is 0.398 e. The fourth-order valence-electron chi connectivity index (χ4n) is 1.62. The fourth-order valence-corrected chi connectivity index (χ4v) is 2.00. The average molecular weight is 308 g/mol. The van der Waals surface area contributed by atoms with Gasteiger partial charge in [0.05, 0.1) is 0 Å². The maximum atomic E-state index is 11.9. The van der Waals surface area contributed by atoms with Gasteiger partial charge >= 0.3 is 0 Å². The molecule has 0 bridgehead atoms. The topological polar surface area (TPSA) is 60.0 Å². The lowest BCUT2D eigenvalue weighted by atomic mass is 10.2. The molecule has 1 aromatic heterocycles. The van der Waals surface area contributed by atoms with Crippen molar-refractivity contribution >= 4 is 27.5 Å². The molecular weight excluding hydrogens is 294 g/mol. The molecule has 0 saturated heterocycles. The SMILES string of the molecule is Cn1ccc(CNC(=O)c2ccc(N)c(Br)c2)c1. The Balaban J connectivity index is 2.01. The van der Waals surface area contributed by atoms with Crippen molar-refractivity contribution in [1.82, 2.24) is 9.88 Å². The molecule has 4 nitrogen and oxygen atoms in total. The molecule has 0 atom stereocenters. The summed E-state index contributed by atoms with van der Waals surface area (Å²) in [6.45, 7) is 0.516. The van der Waals surface area contributed by atoms with Crippen molar-refractivity contribution < 1.29 is 4.79 Å². The van der Waals surface area contributed by atoms with E-state index in [1.54, 1.807) is 18.2 Å². The summed E-state index contributed by atoms with van der Waals surface area (Å²) in [6, 6.07) is 7.11. The molecule has 0 radical (unpaired) electrons. The van der Waals surface area contributed by atoms with Crippen LogP contribution < -0.4 is 11.1 Å². The standard InChI is InChI=1S/C13H14BrN3O/c1-17-5-4-9(8-17)7-16-13(18)10-2-3-12(15)11(14)6-10/h2-6,8H,7,15H2,1H3,(H,16,18). The number of benzene rings is 1. The van der Waals surface area contributed by atoms with Crippen LogP contribution in [0.5, 0.6) is 0 Å². The summed E-state index contributed by atoms with van der Waals surface area (Å²) in [5.74, 6) is -0.112. The molecule has 0 aliphatic heterocycles. The van der Waals surface area contributed by atoms with Crippen LogP contribution in [0.15, 0.2) is 41.1 Å². The van der Waals surface area contributed by atoms with Crippen molar-refractivity contribution in [3.05, 3.63) is 52.3 Å².